The van der Waals surface area contributed by atoms with E-state index >= 15 is 0 Å². The molecule has 0 amide bonds. The van der Waals surface area contributed by atoms with Crippen LogP contribution in [0.4, 0.5) is 17.3 Å². The third kappa shape index (κ3) is 6.69. The van der Waals surface area contributed by atoms with Crippen LogP contribution in [0.2, 0.25) is 0 Å². The minimum atomic E-state index is -6.00. The predicted molar refractivity (Wildman–Crippen MR) is 53.9 cm³/mol. The van der Waals surface area contributed by atoms with Crippen molar-refractivity contribution in [2.24, 2.45) is 0 Å². The van der Waals surface area contributed by atoms with Crippen LogP contribution in [0.1, 0.15) is 12.8 Å². The number of hydrogen-bond donors (Lipinski definition) is 0. The van der Waals surface area contributed by atoms with Gasteiger partial charge in [0.25, 0.3) is 0 Å². The maximum absolute atomic E-state index is 9.75. The molecule has 0 atom stereocenters. The first kappa shape index (κ1) is 13.3. The fourth-order valence-corrected chi connectivity index (χ4v) is 2.45. The molecule has 0 saturated heterocycles. The van der Waals surface area contributed by atoms with Gasteiger partial charge in [0.1, 0.15) is 0 Å². The molecule has 0 aromatic rings. The molecule has 2 aliphatic carbocycles. The monoisotopic (exact) mass is 273 g/mol. The number of halogens is 4. The van der Waals surface area contributed by atoms with Gasteiger partial charge in [-0.3, -0.25) is 0 Å². The summed E-state index contributed by atoms with van der Waals surface area (Å²) in [5, 5.41) is 0. The molecule has 0 N–H and O–H groups in total. The second kappa shape index (κ2) is 6.11. The molecule has 0 aromatic heterocycles. The molecule has 90 valence electrons. The van der Waals surface area contributed by atoms with Gasteiger partial charge in [-0.05, 0) is 0 Å². The number of allylic oxidation sites excluding steroid dienone is 8. The summed E-state index contributed by atoms with van der Waals surface area (Å²) in [4.78, 5) is 0. The van der Waals surface area contributed by atoms with Crippen LogP contribution in [0.5, 0.6) is 0 Å². The van der Waals surface area contributed by atoms with Crippen LogP contribution >= 0.6 is 0 Å². The van der Waals surface area contributed by atoms with E-state index in [1.54, 1.807) is 8.94 Å². The number of rotatable bonds is 2. The van der Waals surface area contributed by atoms with Crippen molar-refractivity contribution in [2.75, 3.05) is 0 Å². The molecular formula is C10H10BF4Fe-. The van der Waals surface area contributed by atoms with Gasteiger partial charge in [0.2, 0.25) is 0 Å². The quantitative estimate of drug-likeness (QED) is 0.525. The molecule has 0 spiro atoms. The van der Waals surface area contributed by atoms with Gasteiger partial charge in [0.15, 0.2) is 0 Å². The van der Waals surface area contributed by atoms with Crippen molar-refractivity contribution in [2.45, 2.75) is 12.8 Å². The molecule has 2 aliphatic rings. The first-order valence-corrected chi connectivity index (χ1v) is 5.76. The van der Waals surface area contributed by atoms with Gasteiger partial charge in [-0.15, -0.1) is 0 Å². The largest absolute Gasteiger partial charge is 0.673 e. The molecule has 0 unspecified atom stereocenters. The molecule has 0 heterocycles. The summed E-state index contributed by atoms with van der Waals surface area (Å²) in [6.07, 6.45) is 15.5. The fourth-order valence-electron chi connectivity index (χ4n) is 1.11. The van der Waals surface area contributed by atoms with Gasteiger partial charge in [-0.2, -0.15) is 0 Å². The van der Waals surface area contributed by atoms with Crippen LogP contribution < -0.4 is 0 Å². The van der Waals surface area contributed by atoms with E-state index in [9.17, 15) is 17.3 Å². The second-order valence-corrected chi connectivity index (χ2v) is 4.74. The van der Waals surface area contributed by atoms with E-state index in [4.69, 9.17) is 0 Å². The Labute approximate surface area is 98.1 Å². The zero-order chi connectivity index (χ0) is 12.0. The summed E-state index contributed by atoms with van der Waals surface area (Å²) < 4.78 is 42.1. The molecule has 2 rings (SSSR count). The Bertz CT molecular complexity index is 318. The van der Waals surface area contributed by atoms with Crippen molar-refractivity contribution in [1.29, 1.82) is 0 Å². The average molecular weight is 273 g/mol. The van der Waals surface area contributed by atoms with E-state index in [0.29, 0.717) is 0 Å². The van der Waals surface area contributed by atoms with Gasteiger partial charge in [-0.1, -0.05) is 0 Å². The van der Waals surface area contributed by atoms with Gasteiger partial charge >= 0.3 is 80.5 Å². The molecule has 0 aromatic carbocycles. The van der Waals surface area contributed by atoms with Crippen LogP contribution in [-0.4, -0.2) is 7.25 Å². The standard InChI is InChI=1S/2C5H5.BF4.Fe/c2*1-2-4-5-3-1;2-1(3,4)5;/h2*1-3H,4H2;;/q;;-1;. The molecule has 0 saturated carbocycles. The molecule has 0 nitrogen and oxygen atoms in total. The van der Waals surface area contributed by atoms with Gasteiger partial charge in [0.05, 0.1) is 0 Å². The zero-order valence-corrected chi connectivity index (χ0v) is 9.43. The molecule has 16 heavy (non-hydrogen) atoms. The smallest absolute Gasteiger partial charge is 0.418 e. The first-order chi connectivity index (χ1) is 7.45. The Morgan fingerprint density at radius 3 is 1.50 bits per heavy atom. The van der Waals surface area contributed by atoms with Crippen molar-refractivity contribution in [3.05, 3.63) is 45.4 Å². The van der Waals surface area contributed by atoms with E-state index in [2.05, 4.69) is 36.5 Å². The summed E-state index contributed by atoms with van der Waals surface area (Å²) in [7, 11) is -6.00. The normalized spacial score (nSPS) is 18.2. The summed E-state index contributed by atoms with van der Waals surface area (Å²) in [6.45, 7) is 0. The molecule has 0 radical (unpaired) electrons. The Morgan fingerprint density at radius 2 is 1.25 bits per heavy atom. The average Bonchev–Trinajstić information content (AvgIpc) is 2.74. The summed E-state index contributed by atoms with van der Waals surface area (Å²) in [6, 6.07) is 0. The van der Waals surface area contributed by atoms with Crippen molar-refractivity contribution < 1.29 is 32.2 Å². The molecule has 0 fully saturated rings. The Balaban J connectivity index is 0.000000221. The summed E-state index contributed by atoms with van der Waals surface area (Å²) in [5.74, 6) is 0. The molecule has 0 aliphatic heterocycles. The third-order valence-electron chi connectivity index (χ3n) is 1.66. The minimum absolute atomic E-state index is 1.16. The Hall–Kier alpha value is -0.736. The van der Waals surface area contributed by atoms with E-state index in [1.807, 2.05) is 0 Å². The van der Waals surface area contributed by atoms with Crippen molar-refractivity contribution in [3.8, 4) is 0 Å². The van der Waals surface area contributed by atoms with Gasteiger partial charge in [-0.25, -0.2) is 0 Å². The fraction of sp³-hybridized carbons (Fsp3) is 0.200. The van der Waals surface area contributed by atoms with Gasteiger partial charge < -0.3 is 17.3 Å². The van der Waals surface area contributed by atoms with Gasteiger partial charge in [0, 0.05) is 0 Å². The van der Waals surface area contributed by atoms with Crippen LogP contribution in [0.25, 0.3) is 0 Å². The van der Waals surface area contributed by atoms with Crippen LogP contribution in [0, 0.1) is 0 Å². The summed E-state index contributed by atoms with van der Waals surface area (Å²) in [5.41, 5.74) is 0. The third-order valence-corrected chi connectivity index (χ3v) is 3.19. The van der Waals surface area contributed by atoms with Crippen LogP contribution in [0.3, 0.4) is 0 Å². The van der Waals surface area contributed by atoms with E-state index in [1.165, 1.54) is 15.0 Å². The molecular weight excluding hydrogens is 263 g/mol. The minimum Gasteiger partial charge on any atom is -0.418 e. The van der Waals surface area contributed by atoms with E-state index < -0.39 is 7.25 Å². The maximum atomic E-state index is 9.75. The maximum Gasteiger partial charge on any atom is 0.673 e. The Morgan fingerprint density at radius 1 is 0.875 bits per heavy atom. The van der Waals surface area contributed by atoms with Crippen molar-refractivity contribution in [3.63, 3.8) is 0 Å². The van der Waals surface area contributed by atoms with Crippen molar-refractivity contribution in [1.82, 2.24) is 0 Å². The Kier molecular flexibility index (Phi) is 5.09. The molecule has 0 bridgehead atoms. The van der Waals surface area contributed by atoms with E-state index in [-0.39, 0.29) is 0 Å². The topological polar surface area (TPSA) is 0 Å². The van der Waals surface area contributed by atoms with Crippen molar-refractivity contribution >= 4 is 7.25 Å². The SMILES string of the molecule is C1=CC[C]([Fe][C]2=CC=CC2)=C1.F[B-](F)(F)F. The predicted octanol–water partition coefficient (Wildman–Crippen LogP) is 4.06. The number of hydrogen-bond acceptors (Lipinski definition) is 0. The second-order valence-electron chi connectivity index (χ2n) is 3.04. The van der Waals surface area contributed by atoms with Crippen LogP contribution in [-0.2, 0) is 15.0 Å². The first-order valence-electron chi connectivity index (χ1n) is 4.66. The van der Waals surface area contributed by atoms with Crippen LogP contribution in [0.15, 0.2) is 45.4 Å². The van der Waals surface area contributed by atoms with E-state index in [0.717, 1.165) is 12.8 Å². The molecule has 6 heteroatoms. The summed E-state index contributed by atoms with van der Waals surface area (Å²) >= 11 is 1.18. The zero-order valence-electron chi connectivity index (χ0n) is 8.32.